The van der Waals surface area contributed by atoms with Crippen molar-refractivity contribution in [1.82, 2.24) is 19.8 Å². The fraction of sp³-hybridized carbons (Fsp3) is 0.682. The van der Waals surface area contributed by atoms with E-state index in [-0.39, 0.29) is 12.2 Å². The van der Waals surface area contributed by atoms with Gasteiger partial charge < -0.3 is 59.1 Å². The molecule has 0 radical (unpaired) electrons. The quantitative estimate of drug-likeness (QED) is 0.153. The largest absolute Gasteiger partial charge is 0.462 e. The van der Waals surface area contributed by atoms with Crippen molar-refractivity contribution in [2.75, 3.05) is 27.7 Å². The summed E-state index contributed by atoms with van der Waals surface area (Å²) in [6, 6.07) is 7.40. The summed E-state index contributed by atoms with van der Waals surface area (Å²) in [4.78, 5) is 29.5. The number of allylic oxidation sites excluding steroid dienone is 3. The van der Waals surface area contributed by atoms with Crippen LogP contribution in [0.25, 0.3) is 10.4 Å². The first kappa shape index (κ1) is 49.0. The Morgan fingerprint density at radius 3 is 2.38 bits per heavy atom. The van der Waals surface area contributed by atoms with E-state index in [0.717, 1.165) is 16.0 Å². The lowest BCUT2D eigenvalue weighted by atomic mass is 9.82. The first-order valence-corrected chi connectivity index (χ1v) is 22.0. The number of esters is 1. The van der Waals surface area contributed by atoms with Gasteiger partial charge in [-0.2, -0.15) is 0 Å². The van der Waals surface area contributed by atoms with Crippen molar-refractivity contribution in [2.45, 2.75) is 152 Å². The topological polar surface area (TPSA) is 211 Å². The first-order chi connectivity index (χ1) is 29.0. The number of aromatic nitrogens is 2. The Morgan fingerprint density at radius 1 is 0.984 bits per heavy atom. The minimum Gasteiger partial charge on any atom is -0.462 e. The monoisotopic (exact) mass is 874 g/mol. The maximum absolute atomic E-state index is 13.5. The average Bonchev–Trinajstić information content (AvgIpc) is 3.74. The van der Waals surface area contributed by atoms with Crippen LogP contribution in [0.4, 0.5) is 0 Å². The third-order valence-corrected chi connectivity index (χ3v) is 12.6. The molecule has 61 heavy (non-hydrogen) atoms. The number of aliphatic hydroxyl groups is 4. The zero-order valence-corrected chi connectivity index (χ0v) is 37.4. The lowest BCUT2D eigenvalue weighted by Gasteiger charge is -2.50. The van der Waals surface area contributed by atoms with Crippen LogP contribution < -0.4 is 5.32 Å². The van der Waals surface area contributed by atoms with Gasteiger partial charge in [0.2, 0.25) is 0 Å². The van der Waals surface area contributed by atoms with Crippen LogP contribution >= 0.6 is 11.5 Å². The molecule has 0 bridgehead atoms. The van der Waals surface area contributed by atoms with Crippen LogP contribution in [0.1, 0.15) is 72.3 Å². The molecule has 2 aromatic rings. The maximum Gasteiger partial charge on any atom is 0.308 e. The van der Waals surface area contributed by atoms with Gasteiger partial charge in [-0.3, -0.25) is 9.59 Å². The average molecular weight is 875 g/mol. The summed E-state index contributed by atoms with van der Waals surface area (Å²) < 4.78 is 41.1. The summed E-state index contributed by atoms with van der Waals surface area (Å²) in [5, 5.41) is 52.7. The minimum atomic E-state index is -1.47. The van der Waals surface area contributed by atoms with Gasteiger partial charge in [0, 0.05) is 32.4 Å². The van der Waals surface area contributed by atoms with Crippen LogP contribution in [0.5, 0.6) is 0 Å². The van der Waals surface area contributed by atoms with Gasteiger partial charge in [0.05, 0.1) is 53.6 Å². The van der Waals surface area contributed by atoms with Crippen molar-refractivity contribution in [3.05, 3.63) is 60.3 Å². The number of carbonyl (C=O) groups excluding carboxylic acids is 2. The fourth-order valence-electron chi connectivity index (χ4n) is 8.47. The number of carbonyl (C=O) groups is 2. The molecule has 1 aromatic heterocycles. The second-order valence-corrected chi connectivity index (χ2v) is 18.0. The SMILES string of the molecule is CO[C@@H]1[C@@H](O[C@@H]2O[C@H](C)[C@@H](O[C@H]3C[C@@](C)(O)[C@@H](O)[C@H](C)O3)[C@H](N(C)C)[C@H]2O)[C@@H](CCNCc2ccc(-c3cnns3)cc2)C[C@@H](C)C(=O)/C=C/C=C/C[C@@H](C)OC(=O)C[C@@H]1O. The Balaban J connectivity index is 1.42. The van der Waals surface area contributed by atoms with Gasteiger partial charge in [-0.15, -0.1) is 5.10 Å². The van der Waals surface area contributed by atoms with Gasteiger partial charge in [-0.05, 0) is 95.8 Å². The summed E-state index contributed by atoms with van der Waals surface area (Å²) in [6.45, 7) is 9.59. The Hall–Kier alpha value is -3.04. The van der Waals surface area contributed by atoms with Gasteiger partial charge in [-0.25, -0.2) is 0 Å². The van der Waals surface area contributed by atoms with E-state index in [0.29, 0.717) is 32.4 Å². The summed E-state index contributed by atoms with van der Waals surface area (Å²) in [7, 11) is 5.00. The van der Waals surface area contributed by atoms with E-state index in [2.05, 4.69) is 14.9 Å². The molecule has 3 aliphatic rings. The number of benzene rings is 1. The Bertz CT molecular complexity index is 1730. The molecule has 15 atom stereocenters. The molecule has 1 aromatic carbocycles. The second kappa shape index (κ2) is 22.5. The van der Waals surface area contributed by atoms with Gasteiger partial charge in [0.1, 0.15) is 30.5 Å². The van der Waals surface area contributed by atoms with Crippen molar-refractivity contribution in [2.24, 2.45) is 11.8 Å². The molecule has 16 nitrogen and oxygen atoms in total. The van der Waals surface area contributed by atoms with Gasteiger partial charge in [-0.1, -0.05) is 53.9 Å². The first-order valence-electron chi connectivity index (χ1n) is 21.2. The molecule has 0 amide bonds. The number of ketones is 1. The number of aliphatic hydroxyl groups excluding tert-OH is 3. The van der Waals surface area contributed by atoms with E-state index in [4.69, 9.17) is 28.4 Å². The zero-order valence-electron chi connectivity index (χ0n) is 36.5. The molecule has 0 spiro atoms. The smallest absolute Gasteiger partial charge is 0.308 e. The molecule has 4 heterocycles. The zero-order chi connectivity index (χ0) is 44.4. The highest BCUT2D eigenvalue weighted by Gasteiger charge is 2.51. The molecule has 5 rings (SSSR count). The minimum absolute atomic E-state index is 0.0113. The number of nitrogens with one attached hydrogen (secondary N) is 1. The third kappa shape index (κ3) is 13.2. The lowest BCUT2D eigenvalue weighted by molar-refractivity contribution is -0.344. The number of ether oxygens (including phenoxy) is 6. The molecule has 3 aliphatic heterocycles. The number of methoxy groups -OCH3 is 1. The summed E-state index contributed by atoms with van der Waals surface area (Å²) >= 11 is 1.33. The molecular weight excluding hydrogens is 809 g/mol. The summed E-state index contributed by atoms with van der Waals surface area (Å²) in [5.74, 6) is -1.66. The van der Waals surface area contributed by atoms with Crippen LogP contribution in [0.3, 0.4) is 0 Å². The van der Waals surface area contributed by atoms with Gasteiger partial charge >= 0.3 is 5.97 Å². The number of hydrogen-bond donors (Lipinski definition) is 5. The standard InChI is InChI=1S/C44H66N4O12S/c1-25-20-31(18-19-45-23-29-14-16-30(17-15-29)34-24-46-47-61-34)40(41(55-8)33(50)21-35(51)56-26(2)12-10-9-11-13-32(25)49)60-43-38(52)37(48(6)7)39(27(3)58-43)59-36-22-44(5,54)42(53)28(4)57-36/h9-11,13-17,24-28,31,33,36-43,45,50,52-54H,12,18-23H2,1-8H3/b10-9+,13-11+/t25-,26-,27-,28+,31+,33+,36+,37-,38-,39-,40+,41+,42+,43+,44-/m1/s1. The Kier molecular flexibility index (Phi) is 18.1. The van der Waals surface area contributed by atoms with Crippen molar-refractivity contribution >= 4 is 23.3 Å². The van der Waals surface area contributed by atoms with Crippen molar-refractivity contribution in [1.29, 1.82) is 0 Å². The molecule has 2 fully saturated rings. The molecule has 0 aliphatic carbocycles. The molecule has 2 saturated heterocycles. The third-order valence-electron chi connectivity index (χ3n) is 11.9. The molecule has 0 unspecified atom stereocenters. The molecule has 340 valence electrons. The maximum atomic E-state index is 13.5. The highest BCUT2D eigenvalue weighted by atomic mass is 32.1. The van der Waals surface area contributed by atoms with E-state index >= 15 is 0 Å². The van der Waals surface area contributed by atoms with Gasteiger partial charge in [0.25, 0.3) is 0 Å². The highest BCUT2D eigenvalue weighted by molar-refractivity contribution is 7.09. The predicted molar refractivity (Wildman–Crippen MR) is 227 cm³/mol. The predicted octanol–water partition coefficient (Wildman–Crippen LogP) is 3.16. The van der Waals surface area contributed by atoms with Crippen molar-refractivity contribution < 1.29 is 58.4 Å². The molecule has 0 saturated carbocycles. The van der Waals surface area contributed by atoms with Crippen LogP contribution in [0.15, 0.2) is 54.8 Å². The van der Waals surface area contributed by atoms with Gasteiger partial charge in [0.15, 0.2) is 18.4 Å². The van der Waals surface area contributed by atoms with Crippen molar-refractivity contribution in [3.8, 4) is 10.4 Å². The molecule has 17 heteroatoms. The van der Waals surface area contributed by atoms with E-state index in [1.165, 1.54) is 31.6 Å². The number of likely N-dealkylation sites (N-methyl/N-ethyl adjacent to an activating group) is 1. The van der Waals surface area contributed by atoms with Crippen LogP contribution in [-0.2, 0) is 44.6 Å². The molecule has 5 N–H and O–H groups in total. The van der Waals surface area contributed by atoms with Crippen molar-refractivity contribution in [3.63, 3.8) is 0 Å². The summed E-state index contributed by atoms with van der Waals surface area (Å²) in [6.07, 6.45) is -1.50. The summed E-state index contributed by atoms with van der Waals surface area (Å²) in [5.41, 5.74) is 0.610. The highest BCUT2D eigenvalue weighted by Crippen LogP contribution is 2.36. The fourth-order valence-corrected chi connectivity index (χ4v) is 8.99. The Morgan fingerprint density at radius 2 is 1.72 bits per heavy atom. The van der Waals surface area contributed by atoms with E-state index in [1.807, 2.05) is 37.3 Å². The lowest BCUT2D eigenvalue weighted by Crippen LogP contribution is -2.65. The number of nitrogens with zero attached hydrogens (tertiary/aromatic N) is 3. The van der Waals surface area contributed by atoms with Crippen LogP contribution in [0.2, 0.25) is 0 Å². The number of hydrogen-bond acceptors (Lipinski definition) is 17. The number of cyclic esters (lactones) is 1. The number of rotatable bonds is 12. The van der Waals surface area contributed by atoms with E-state index in [9.17, 15) is 30.0 Å². The Labute approximate surface area is 363 Å². The van der Waals surface area contributed by atoms with Crippen LogP contribution in [0, 0.1) is 11.8 Å². The second-order valence-electron chi connectivity index (χ2n) is 17.2. The normalized spacial score (nSPS) is 38.2. The van der Waals surface area contributed by atoms with E-state index in [1.54, 1.807) is 58.1 Å². The van der Waals surface area contributed by atoms with E-state index < -0.39 is 103 Å². The molecular formula is C44H66N4O12S. The van der Waals surface area contributed by atoms with Crippen LogP contribution in [-0.4, -0.2) is 154 Å².